The van der Waals surface area contributed by atoms with Crippen LogP contribution in [0.4, 0.5) is 23.2 Å². The number of non-ortho nitro benzene ring substituents is 1. The van der Waals surface area contributed by atoms with Crippen LogP contribution in [0.15, 0.2) is 18.2 Å². The summed E-state index contributed by atoms with van der Waals surface area (Å²) < 4.78 is 49.6. The first-order valence-electron chi connectivity index (χ1n) is 3.99. The smallest absolute Gasteiger partial charge is 0.316 e. The average Bonchev–Trinajstić information content (AvgIpc) is 2.15. The number of nitrogens with zero attached hydrogens (tertiary/aromatic N) is 1. The Bertz CT molecular complexity index is 424. The lowest BCUT2D eigenvalue weighted by molar-refractivity contribution is -0.385. The molecule has 0 unspecified atom stereocenters. The first-order chi connectivity index (χ1) is 7.23. The highest BCUT2D eigenvalue weighted by Gasteiger charge is 2.39. The fraction of sp³-hybridized carbons (Fsp3) is 0.250. The second kappa shape index (κ2) is 5.28. The lowest BCUT2D eigenvalue weighted by atomic mass is 10.1. The number of benzene rings is 1. The minimum Gasteiger partial charge on any atom is -0.316 e. The Labute approximate surface area is 99.0 Å². The van der Waals surface area contributed by atoms with Gasteiger partial charge in [-0.15, -0.1) is 12.4 Å². The second-order valence-electron chi connectivity index (χ2n) is 2.98. The van der Waals surface area contributed by atoms with Crippen molar-refractivity contribution in [2.45, 2.75) is 12.2 Å². The number of hydrogen-bond donors (Lipinski definition) is 1. The van der Waals surface area contributed by atoms with Gasteiger partial charge in [0, 0.05) is 17.7 Å². The van der Waals surface area contributed by atoms with Crippen LogP contribution in [0.2, 0.25) is 0 Å². The van der Waals surface area contributed by atoms with Crippen LogP contribution in [0.3, 0.4) is 0 Å². The molecule has 9 heteroatoms. The molecule has 1 atom stereocenters. The zero-order valence-electron chi connectivity index (χ0n) is 8.07. The minimum atomic E-state index is -4.85. The number of halogens is 5. The summed E-state index contributed by atoms with van der Waals surface area (Å²) in [5, 5.41) is 10.3. The van der Waals surface area contributed by atoms with Crippen molar-refractivity contribution in [3.63, 3.8) is 0 Å². The normalized spacial score (nSPS) is 12.8. The third-order valence-electron chi connectivity index (χ3n) is 1.88. The Morgan fingerprint density at radius 1 is 1.35 bits per heavy atom. The first kappa shape index (κ1) is 15.6. The monoisotopic (exact) mass is 274 g/mol. The van der Waals surface area contributed by atoms with E-state index in [0.29, 0.717) is 12.1 Å². The molecule has 0 aliphatic heterocycles. The van der Waals surface area contributed by atoms with Crippen molar-refractivity contribution in [1.29, 1.82) is 0 Å². The van der Waals surface area contributed by atoms with E-state index in [1.807, 2.05) is 0 Å². The van der Waals surface area contributed by atoms with Gasteiger partial charge >= 0.3 is 6.18 Å². The summed E-state index contributed by atoms with van der Waals surface area (Å²) in [6, 6.07) is -0.749. The summed E-state index contributed by atoms with van der Waals surface area (Å²) in [5.74, 6) is -1.23. The SMILES string of the molecule is Cl.N[C@@H](c1cc([N+](=O)[O-])ccc1F)C(F)(F)F. The molecular weight excluding hydrogens is 268 g/mol. The van der Waals surface area contributed by atoms with Gasteiger partial charge < -0.3 is 5.73 Å². The third kappa shape index (κ3) is 3.53. The maximum absolute atomic E-state index is 13.0. The van der Waals surface area contributed by atoms with Gasteiger partial charge in [-0.3, -0.25) is 10.1 Å². The molecule has 0 saturated carbocycles. The molecule has 0 fully saturated rings. The summed E-state index contributed by atoms with van der Waals surface area (Å²) in [6.45, 7) is 0. The molecule has 4 nitrogen and oxygen atoms in total. The second-order valence-corrected chi connectivity index (χ2v) is 2.98. The lowest BCUT2D eigenvalue weighted by Gasteiger charge is -2.16. The maximum atomic E-state index is 13.0. The van der Waals surface area contributed by atoms with Crippen LogP contribution in [0, 0.1) is 15.9 Å². The van der Waals surface area contributed by atoms with Gasteiger partial charge in [-0.1, -0.05) is 0 Å². The number of alkyl halides is 3. The molecule has 0 bridgehead atoms. The van der Waals surface area contributed by atoms with Gasteiger partial charge in [-0.2, -0.15) is 13.2 Å². The molecule has 0 radical (unpaired) electrons. The summed E-state index contributed by atoms with van der Waals surface area (Å²) in [7, 11) is 0. The van der Waals surface area contributed by atoms with E-state index < -0.39 is 34.2 Å². The minimum absolute atomic E-state index is 0. The fourth-order valence-corrected chi connectivity index (χ4v) is 1.06. The fourth-order valence-electron chi connectivity index (χ4n) is 1.06. The van der Waals surface area contributed by atoms with E-state index in [2.05, 4.69) is 0 Å². The molecule has 2 N–H and O–H groups in total. The summed E-state index contributed by atoms with van der Waals surface area (Å²) in [4.78, 5) is 9.37. The van der Waals surface area contributed by atoms with Crippen molar-refractivity contribution >= 4 is 18.1 Å². The predicted molar refractivity (Wildman–Crippen MR) is 53.3 cm³/mol. The Morgan fingerprint density at radius 3 is 2.29 bits per heavy atom. The highest BCUT2D eigenvalue weighted by molar-refractivity contribution is 5.85. The van der Waals surface area contributed by atoms with Crippen molar-refractivity contribution in [1.82, 2.24) is 0 Å². The van der Waals surface area contributed by atoms with Gasteiger partial charge in [0.25, 0.3) is 5.69 Å². The predicted octanol–water partition coefficient (Wildman–Crippen LogP) is 2.72. The number of nitrogens with two attached hydrogens (primary N) is 1. The molecule has 17 heavy (non-hydrogen) atoms. The first-order valence-corrected chi connectivity index (χ1v) is 3.99. The van der Waals surface area contributed by atoms with E-state index >= 15 is 0 Å². The molecule has 0 aromatic heterocycles. The van der Waals surface area contributed by atoms with E-state index in [0.717, 1.165) is 6.07 Å². The highest BCUT2D eigenvalue weighted by atomic mass is 35.5. The summed E-state index contributed by atoms with van der Waals surface area (Å²) in [5.41, 5.74) is 3.17. The number of rotatable bonds is 2. The van der Waals surface area contributed by atoms with Crippen molar-refractivity contribution in [3.8, 4) is 0 Å². The maximum Gasteiger partial charge on any atom is 0.407 e. The lowest BCUT2D eigenvalue weighted by Crippen LogP contribution is -2.29. The molecule has 0 aliphatic carbocycles. The van der Waals surface area contributed by atoms with Gasteiger partial charge in [0.1, 0.15) is 11.9 Å². The standard InChI is InChI=1S/C8H6F4N2O2.ClH/c9-6-2-1-4(14(15)16)3-5(6)7(13)8(10,11)12;/h1-3,7H,13H2;1H/t7-;/m0./s1. The van der Waals surface area contributed by atoms with E-state index in [4.69, 9.17) is 5.73 Å². The van der Waals surface area contributed by atoms with Crippen LogP contribution in [0.5, 0.6) is 0 Å². The van der Waals surface area contributed by atoms with Crippen molar-refractivity contribution in [3.05, 3.63) is 39.7 Å². The molecule has 0 amide bonds. The Kier molecular flexibility index (Phi) is 4.84. The zero-order chi connectivity index (χ0) is 12.5. The van der Waals surface area contributed by atoms with E-state index in [1.165, 1.54) is 0 Å². The van der Waals surface area contributed by atoms with Crippen molar-refractivity contribution in [2.75, 3.05) is 0 Å². The molecule has 96 valence electrons. The summed E-state index contributed by atoms with van der Waals surface area (Å²) in [6.07, 6.45) is -4.85. The third-order valence-corrected chi connectivity index (χ3v) is 1.88. The zero-order valence-corrected chi connectivity index (χ0v) is 8.89. The van der Waals surface area contributed by atoms with E-state index in [9.17, 15) is 27.7 Å². The van der Waals surface area contributed by atoms with Crippen molar-refractivity contribution in [2.24, 2.45) is 5.73 Å². The van der Waals surface area contributed by atoms with Crippen LogP contribution in [-0.2, 0) is 0 Å². The summed E-state index contributed by atoms with van der Waals surface area (Å²) >= 11 is 0. The van der Waals surface area contributed by atoms with E-state index in [1.54, 1.807) is 0 Å². The Morgan fingerprint density at radius 2 is 1.88 bits per heavy atom. The Balaban J connectivity index is 0.00000256. The largest absolute Gasteiger partial charge is 0.407 e. The molecule has 0 aliphatic rings. The topological polar surface area (TPSA) is 69.2 Å². The average molecular weight is 275 g/mol. The molecule has 1 aromatic rings. The molecule has 1 aromatic carbocycles. The molecular formula is C8H7ClF4N2O2. The molecule has 1 rings (SSSR count). The molecule has 0 spiro atoms. The van der Waals surface area contributed by atoms with Crippen LogP contribution >= 0.6 is 12.4 Å². The van der Waals surface area contributed by atoms with Crippen molar-refractivity contribution < 1.29 is 22.5 Å². The van der Waals surface area contributed by atoms with Gasteiger partial charge in [0.2, 0.25) is 0 Å². The van der Waals surface area contributed by atoms with Gasteiger partial charge in [-0.05, 0) is 6.07 Å². The molecule has 0 saturated heterocycles. The van der Waals surface area contributed by atoms with E-state index in [-0.39, 0.29) is 12.4 Å². The van der Waals surface area contributed by atoms with Gasteiger partial charge in [0.15, 0.2) is 0 Å². The highest BCUT2D eigenvalue weighted by Crippen LogP contribution is 2.33. The van der Waals surface area contributed by atoms with Crippen LogP contribution in [0.1, 0.15) is 11.6 Å². The van der Waals surface area contributed by atoms with Crippen LogP contribution < -0.4 is 5.73 Å². The number of nitro groups is 1. The molecule has 0 heterocycles. The quantitative estimate of drug-likeness (QED) is 0.512. The van der Waals surface area contributed by atoms with Gasteiger partial charge in [-0.25, -0.2) is 4.39 Å². The number of hydrogen-bond acceptors (Lipinski definition) is 3. The Hall–Kier alpha value is -1.41. The van der Waals surface area contributed by atoms with Gasteiger partial charge in [0.05, 0.1) is 4.92 Å². The number of nitro benzene ring substituents is 1. The van der Waals surface area contributed by atoms with Crippen LogP contribution in [0.25, 0.3) is 0 Å². The van der Waals surface area contributed by atoms with Crippen LogP contribution in [-0.4, -0.2) is 11.1 Å².